The number of aromatic nitrogens is 4. The fraction of sp³-hybridized carbons (Fsp3) is 0.409. The van der Waals surface area contributed by atoms with Crippen molar-refractivity contribution in [2.45, 2.75) is 44.9 Å². The predicted molar refractivity (Wildman–Crippen MR) is 108 cm³/mol. The maximum absolute atomic E-state index is 4.65. The SMILES string of the molecule is CCCCc1nnc(C2CCN(c3ccccn3)CC2)n1-c1ccccc1. The monoisotopic (exact) mass is 361 g/mol. The number of hydrogen-bond acceptors (Lipinski definition) is 4. The Morgan fingerprint density at radius 3 is 2.44 bits per heavy atom. The van der Waals surface area contributed by atoms with Crippen LogP contribution in [0.25, 0.3) is 5.69 Å². The molecule has 0 amide bonds. The van der Waals surface area contributed by atoms with E-state index < -0.39 is 0 Å². The third kappa shape index (κ3) is 3.87. The van der Waals surface area contributed by atoms with Crippen LogP contribution in [0.3, 0.4) is 0 Å². The number of aryl methyl sites for hydroxylation is 1. The standard InChI is InChI=1S/C22H27N5/c1-2-3-11-21-24-25-22(27(21)19-9-5-4-6-10-19)18-13-16-26(17-14-18)20-12-7-8-15-23-20/h4-10,12,15,18H,2-3,11,13-14,16-17H2,1H3. The zero-order chi connectivity index (χ0) is 18.5. The molecule has 140 valence electrons. The van der Waals surface area contributed by atoms with Gasteiger partial charge in [0, 0.05) is 37.3 Å². The summed E-state index contributed by atoms with van der Waals surface area (Å²) in [5.41, 5.74) is 1.18. The van der Waals surface area contributed by atoms with Crippen LogP contribution in [0.4, 0.5) is 5.82 Å². The Hall–Kier alpha value is -2.69. The fourth-order valence-electron chi connectivity index (χ4n) is 3.86. The second kappa shape index (κ2) is 8.33. The minimum atomic E-state index is 0.438. The van der Waals surface area contributed by atoms with Gasteiger partial charge in [0.25, 0.3) is 0 Å². The van der Waals surface area contributed by atoms with Gasteiger partial charge in [-0.2, -0.15) is 0 Å². The molecule has 1 aliphatic rings. The van der Waals surface area contributed by atoms with Crippen LogP contribution < -0.4 is 4.90 Å². The van der Waals surface area contributed by atoms with E-state index in [1.165, 1.54) is 12.1 Å². The normalized spacial score (nSPS) is 15.2. The first-order chi connectivity index (χ1) is 13.4. The van der Waals surface area contributed by atoms with Crippen molar-refractivity contribution in [1.29, 1.82) is 0 Å². The average molecular weight is 361 g/mol. The van der Waals surface area contributed by atoms with E-state index >= 15 is 0 Å². The van der Waals surface area contributed by atoms with Crippen LogP contribution in [0.5, 0.6) is 0 Å². The second-order valence-corrected chi connectivity index (χ2v) is 7.20. The number of benzene rings is 1. The summed E-state index contributed by atoms with van der Waals surface area (Å²) in [6.07, 6.45) is 7.31. The van der Waals surface area contributed by atoms with Crippen molar-refractivity contribution in [3.05, 3.63) is 66.4 Å². The summed E-state index contributed by atoms with van der Waals surface area (Å²) in [7, 11) is 0. The van der Waals surface area contributed by atoms with Crippen molar-refractivity contribution >= 4 is 5.82 Å². The lowest BCUT2D eigenvalue weighted by atomic mass is 9.95. The van der Waals surface area contributed by atoms with Gasteiger partial charge in [-0.05, 0) is 43.5 Å². The Morgan fingerprint density at radius 2 is 1.74 bits per heavy atom. The molecule has 0 atom stereocenters. The molecule has 1 aliphatic heterocycles. The molecule has 2 aromatic heterocycles. The Labute approximate surface area is 161 Å². The number of piperidine rings is 1. The van der Waals surface area contributed by atoms with Gasteiger partial charge in [-0.1, -0.05) is 37.6 Å². The molecular formula is C22H27N5. The average Bonchev–Trinajstić information content (AvgIpc) is 3.17. The Morgan fingerprint density at radius 1 is 0.963 bits per heavy atom. The molecule has 0 N–H and O–H groups in total. The number of rotatable bonds is 6. The molecule has 0 unspecified atom stereocenters. The molecular weight excluding hydrogens is 334 g/mol. The largest absolute Gasteiger partial charge is 0.357 e. The van der Waals surface area contributed by atoms with E-state index in [9.17, 15) is 0 Å². The Bertz CT molecular complexity index is 836. The molecule has 27 heavy (non-hydrogen) atoms. The molecule has 1 saturated heterocycles. The minimum Gasteiger partial charge on any atom is -0.357 e. The van der Waals surface area contributed by atoms with Gasteiger partial charge in [-0.15, -0.1) is 10.2 Å². The summed E-state index contributed by atoms with van der Waals surface area (Å²) in [5, 5.41) is 9.22. The molecule has 3 aromatic rings. The molecule has 5 heteroatoms. The smallest absolute Gasteiger partial charge is 0.140 e. The number of para-hydroxylation sites is 1. The molecule has 0 aliphatic carbocycles. The molecule has 1 fully saturated rings. The van der Waals surface area contributed by atoms with Gasteiger partial charge in [-0.3, -0.25) is 4.57 Å². The topological polar surface area (TPSA) is 46.8 Å². The van der Waals surface area contributed by atoms with Gasteiger partial charge in [0.1, 0.15) is 17.5 Å². The van der Waals surface area contributed by atoms with Crippen LogP contribution in [-0.4, -0.2) is 32.8 Å². The van der Waals surface area contributed by atoms with Crippen LogP contribution in [0.15, 0.2) is 54.7 Å². The Balaban J connectivity index is 1.56. The molecule has 0 radical (unpaired) electrons. The van der Waals surface area contributed by atoms with Gasteiger partial charge >= 0.3 is 0 Å². The summed E-state index contributed by atoms with van der Waals surface area (Å²) in [6.45, 7) is 4.23. The first kappa shape index (κ1) is 17.7. The summed E-state index contributed by atoms with van der Waals surface area (Å²) in [4.78, 5) is 6.87. The van der Waals surface area contributed by atoms with Gasteiger partial charge in [0.15, 0.2) is 0 Å². The third-order valence-corrected chi connectivity index (χ3v) is 5.36. The van der Waals surface area contributed by atoms with E-state index in [0.717, 1.165) is 56.2 Å². The van der Waals surface area contributed by atoms with Crippen molar-refractivity contribution in [1.82, 2.24) is 19.7 Å². The zero-order valence-corrected chi connectivity index (χ0v) is 16.0. The van der Waals surface area contributed by atoms with E-state index in [-0.39, 0.29) is 0 Å². The maximum atomic E-state index is 4.65. The number of anilines is 1. The first-order valence-corrected chi connectivity index (χ1v) is 10.0. The van der Waals surface area contributed by atoms with E-state index in [2.05, 4.69) is 74.0 Å². The van der Waals surface area contributed by atoms with E-state index in [4.69, 9.17) is 0 Å². The molecule has 0 bridgehead atoms. The highest BCUT2D eigenvalue weighted by Gasteiger charge is 2.27. The van der Waals surface area contributed by atoms with Crippen molar-refractivity contribution in [2.75, 3.05) is 18.0 Å². The lowest BCUT2D eigenvalue weighted by Crippen LogP contribution is -2.34. The summed E-state index contributed by atoms with van der Waals surface area (Å²) in [6, 6.07) is 16.7. The molecule has 5 nitrogen and oxygen atoms in total. The van der Waals surface area contributed by atoms with Gasteiger partial charge in [0.2, 0.25) is 0 Å². The van der Waals surface area contributed by atoms with Crippen LogP contribution in [0.2, 0.25) is 0 Å². The number of pyridine rings is 1. The quantitative estimate of drug-likeness (QED) is 0.653. The van der Waals surface area contributed by atoms with Crippen LogP contribution in [0, 0.1) is 0 Å². The van der Waals surface area contributed by atoms with Gasteiger partial charge in [-0.25, -0.2) is 4.98 Å². The summed E-state index contributed by atoms with van der Waals surface area (Å²) >= 11 is 0. The number of nitrogens with zero attached hydrogens (tertiary/aromatic N) is 5. The van der Waals surface area contributed by atoms with Crippen LogP contribution in [0.1, 0.15) is 50.2 Å². The highest BCUT2D eigenvalue weighted by Crippen LogP contribution is 2.31. The fourth-order valence-corrected chi connectivity index (χ4v) is 3.86. The summed E-state index contributed by atoms with van der Waals surface area (Å²) < 4.78 is 2.30. The number of unbranched alkanes of at least 4 members (excludes halogenated alkanes) is 1. The minimum absolute atomic E-state index is 0.438. The van der Waals surface area contributed by atoms with Gasteiger partial charge in [0.05, 0.1) is 0 Å². The van der Waals surface area contributed by atoms with Crippen molar-refractivity contribution in [3.63, 3.8) is 0 Å². The second-order valence-electron chi connectivity index (χ2n) is 7.20. The van der Waals surface area contributed by atoms with Crippen LogP contribution >= 0.6 is 0 Å². The molecule has 0 spiro atoms. The van der Waals surface area contributed by atoms with Crippen molar-refractivity contribution in [3.8, 4) is 5.69 Å². The summed E-state index contributed by atoms with van der Waals surface area (Å²) in [5.74, 6) is 3.72. The van der Waals surface area contributed by atoms with E-state index in [1.54, 1.807) is 0 Å². The molecule has 0 saturated carbocycles. The number of hydrogen-bond donors (Lipinski definition) is 0. The third-order valence-electron chi connectivity index (χ3n) is 5.36. The van der Waals surface area contributed by atoms with Crippen molar-refractivity contribution < 1.29 is 0 Å². The highest BCUT2D eigenvalue weighted by atomic mass is 15.3. The predicted octanol–water partition coefficient (Wildman–Crippen LogP) is 4.39. The maximum Gasteiger partial charge on any atom is 0.140 e. The van der Waals surface area contributed by atoms with E-state index in [1.807, 2.05) is 12.3 Å². The molecule has 4 rings (SSSR count). The van der Waals surface area contributed by atoms with Gasteiger partial charge < -0.3 is 4.90 Å². The molecule has 1 aromatic carbocycles. The van der Waals surface area contributed by atoms with E-state index in [0.29, 0.717) is 5.92 Å². The lowest BCUT2D eigenvalue weighted by molar-refractivity contribution is 0.477. The molecule has 3 heterocycles. The van der Waals surface area contributed by atoms with Crippen LogP contribution in [-0.2, 0) is 6.42 Å². The highest BCUT2D eigenvalue weighted by molar-refractivity contribution is 5.39. The first-order valence-electron chi connectivity index (χ1n) is 10.0. The lowest BCUT2D eigenvalue weighted by Gasteiger charge is -2.32. The zero-order valence-electron chi connectivity index (χ0n) is 16.0. The Kier molecular flexibility index (Phi) is 5.47. The van der Waals surface area contributed by atoms with Crippen molar-refractivity contribution in [2.24, 2.45) is 0 Å².